The third kappa shape index (κ3) is 3.18. The van der Waals surface area contributed by atoms with Crippen LogP contribution >= 0.6 is 0 Å². The summed E-state index contributed by atoms with van der Waals surface area (Å²) in [7, 11) is 0. The van der Waals surface area contributed by atoms with E-state index in [1.54, 1.807) is 6.92 Å². The second kappa shape index (κ2) is 5.03. The molecule has 0 saturated carbocycles. The first-order valence-corrected chi connectivity index (χ1v) is 5.01. The minimum Gasteiger partial charge on any atom is -0.389 e. The maximum atomic E-state index is 12.5. The normalized spacial score (nSPS) is 15.7. The smallest absolute Gasteiger partial charge is 0.389 e. The van der Waals surface area contributed by atoms with E-state index in [1.165, 1.54) is 6.07 Å². The molecule has 0 aromatic heterocycles. The van der Waals surface area contributed by atoms with Crippen molar-refractivity contribution >= 4 is 0 Å². The predicted molar refractivity (Wildman–Crippen MR) is 56.2 cm³/mol. The Kier molecular flexibility index (Phi) is 4.13. The lowest BCUT2D eigenvalue weighted by molar-refractivity contribution is -0.137. The molecule has 2 unspecified atom stereocenters. The zero-order valence-corrected chi connectivity index (χ0v) is 9.20. The number of alkyl halides is 3. The molecule has 0 amide bonds. The van der Waals surface area contributed by atoms with Crippen molar-refractivity contribution in [3.05, 3.63) is 34.9 Å². The number of aliphatic hydroxyl groups is 2. The summed E-state index contributed by atoms with van der Waals surface area (Å²) in [6.07, 6.45) is -7.17. The molecule has 0 aliphatic rings. The van der Waals surface area contributed by atoms with Gasteiger partial charge in [0.1, 0.15) is 6.10 Å². The number of nitrogens with two attached hydrogens (primary N) is 1. The molecule has 0 heterocycles. The van der Waals surface area contributed by atoms with Crippen LogP contribution in [0.15, 0.2) is 18.2 Å². The van der Waals surface area contributed by atoms with Gasteiger partial charge in [-0.15, -0.1) is 0 Å². The molecule has 0 fully saturated rings. The summed E-state index contributed by atoms with van der Waals surface area (Å²) in [4.78, 5) is 0. The van der Waals surface area contributed by atoms with E-state index in [0.717, 1.165) is 12.1 Å². The number of hydrogen-bond acceptors (Lipinski definition) is 3. The molecule has 0 saturated heterocycles. The second-order valence-electron chi connectivity index (χ2n) is 3.82. The van der Waals surface area contributed by atoms with Crippen molar-refractivity contribution in [1.29, 1.82) is 0 Å². The fourth-order valence-electron chi connectivity index (χ4n) is 1.47. The van der Waals surface area contributed by atoms with E-state index in [2.05, 4.69) is 0 Å². The van der Waals surface area contributed by atoms with Gasteiger partial charge in [-0.2, -0.15) is 13.2 Å². The van der Waals surface area contributed by atoms with E-state index in [4.69, 9.17) is 5.73 Å². The SMILES string of the molecule is Cc1ccc(C(F)(F)F)cc1C(O)C(O)CN. The van der Waals surface area contributed by atoms with Crippen LogP contribution in [0.2, 0.25) is 0 Å². The van der Waals surface area contributed by atoms with Crippen molar-refractivity contribution in [2.24, 2.45) is 5.73 Å². The predicted octanol–water partition coefficient (Wildman–Crippen LogP) is 1.37. The van der Waals surface area contributed by atoms with Gasteiger partial charge in [-0.1, -0.05) is 6.07 Å². The highest BCUT2D eigenvalue weighted by Gasteiger charge is 2.32. The molecule has 1 aromatic rings. The molecular formula is C11H14F3NO2. The van der Waals surface area contributed by atoms with Gasteiger partial charge in [-0.3, -0.25) is 0 Å². The summed E-state index contributed by atoms with van der Waals surface area (Å²) < 4.78 is 37.4. The van der Waals surface area contributed by atoms with Crippen LogP contribution in [0.1, 0.15) is 22.8 Å². The molecule has 17 heavy (non-hydrogen) atoms. The van der Waals surface area contributed by atoms with Gasteiger partial charge in [0.2, 0.25) is 0 Å². The van der Waals surface area contributed by atoms with Gasteiger partial charge in [0.15, 0.2) is 0 Å². The third-order valence-electron chi connectivity index (χ3n) is 2.53. The van der Waals surface area contributed by atoms with Crippen molar-refractivity contribution in [2.45, 2.75) is 25.3 Å². The molecule has 0 aliphatic heterocycles. The molecule has 0 aliphatic carbocycles. The van der Waals surface area contributed by atoms with E-state index < -0.39 is 23.9 Å². The lowest BCUT2D eigenvalue weighted by atomic mass is 9.97. The number of halogens is 3. The first kappa shape index (κ1) is 14.0. The number of aryl methyl sites for hydroxylation is 1. The molecular weight excluding hydrogens is 235 g/mol. The largest absolute Gasteiger partial charge is 0.416 e. The van der Waals surface area contributed by atoms with E-state index >= 15 is 0 Å². The minimum absolute atomic E-state index is 0.0396. The fraction of sp³-hybridized carbons (Fsp3) is 0.455. The van der Waals surface area contributed by atoms with Crippen molar-refractivity contribution in [1.82, 2.24) is 0 Å². The Bertz CT molecular complexity index is 393. The van der Waals surface area contributed by atoms with E-state index in [-0.39, 0.29) is 12.1 Å². The van der Waals surface area contributed by atoms with Crippen LogP contribution in [0.5, 0.6) is 0 Å². The second-order valence-corrected chi connectivity index (χ2v) is 3.82. The summed E-state index contributed by atoms with van der Waals surface area (Å²) >= 11 is 0. The zero-order valence-electron chi connectivity index (χ0n) is 9.20. The Balaban J connectivity index is 3.15. The maximum absolute atomic E-state index is 12.5. The first-order chi connectivity index (χ1) is 7.77. The van der Waals surface area contributed by atoms with Gasteiger partial charge in [-0.25, -0.2) is 0 Å². The molecule has 3 nitrogen and oxygen atoms in total. The van der Waals surface area contributed by atoms with Crippen LogP contribution in [-0.4, -0.2) is 22.9 Å². The van der Waals surface area contributed by atoms with Gasteiger partial charge < -0.3 is 15.9 Å². The monoisotopic (exact) mass is 249 g/mol. The molecule has 0 radical (unpaired) electrons. The average molecular weight is 249 g/mol. The van der Waals surface area contributed by atoms with Crippen molar-refractivity contribution in [3.63, 3.8) is 0 Å². The van der Waals surface area contributed by atoms with Gasteiger partial charge in [0, 0.05) is 6.54 Å². The van der Waals surface area contributed by atoms with E-state index in [1.807, 2.05) is 0 Å². The highest BCUT2D eigenvalue weighted by Crippen LogP contribution is 2.32. The van der Waals surface area contributed by atoms with Crippen LogP contribution in [0, 0.1) is 6.92 Å². The van der Waals surface area contributed by atoms with E-state index in [0.29, 0.717) is 5.56 Å². The van der Waals surface area contributed by atoms with E-state index in [9.17, 15) is 23.4 Å². The molecule has 0 bridgehead atoms. The van der Waals surface area contributed by atoms with Gasteiger partial charge in [-0.05, 0) is 30.2 Å². The van der Waals surface area contributed by atoms with Gasteiger partial charge in [0.25, 0.3) is 0 Å². The Morgan fingerprint density at radius 2 is 1.88 bits per heavy atom. The average Bonchev–Trinajstić information content (AvgIpc) is 2.26. The topological polar surface area (TPSA) is 66.5 Å². The summed E-state index contributed by atoms with van der Waals surface area (Å²) in [5.41, 5.74) is 4.80. The van der Waals surface area contributed by atoms with Crippen LogP contribution in [0.3, 0.4) is 0 Å². The Morgan fingerprint density at radius 1 is 1.29 bits per heavy atom. The molecule has 0 spiro atoms. The zero-order chi connectivity index (χ0) is 13.2. The number of aliphatic hydroxyl groups excluding tert-OH is 2. The molecule has 6 heteroatoms. The van der Waals surface area contributed by atoms with Crippen molar-refractivity contribution in [3.8, 4) is 0 Å². The summed E-state index contributed by atoms with van der Waals surface area (Å²) in [6.45, 7) is 1.33. The van der Waals surface area contributed by atoms with Crippen LogP contribution in [-0.2, 0) is 6.18 Å². The lowest BCUT2D eigenvalue weighted by Crippen LogP contribution is -2.27. The Morgan fingerprint density at radius 3 is 2.35 bits per heavy atom. The summed E-state index contributed by atoms with van der Waals surface area (Å²) in [5.74, 6) is 0. The summed E-state index contributed by atoms with van der Waals surface area (Å²) in [5, 5.41) is 19.0. The third-order valence-corrected chi connectivity index (χ3v) is 2.53. The Hall–Kier alpha value is -1.11. The quantitative estimate of drug-likeness (QED) is 0.758. The Labute approximate surface area is 96.7 Å². The highest BCUT2D eigenvalue weighted by molar-refractivity contribution is 5.34. The lowest BCUT2D eigenvalue weighted by Gasteiger charge is -2.19. The van der Waals surface area contributed by atoms with Crippen molar-refractivity contribution in [2.75, 3.05) is 6.54 Å². The molecule has 96 valence electrons. The van der Waals surface area contributed by atoms with Gasteiger partial charge in [0.05, 0.1) is 11.7 Å². The van der Waals surface area contributed by atoms with Crippen molar-refractivity contribution < 1.29 is 23.4 Å². The molecule has 4 N–H and O–H groups in total. The molecule has 2 atom stereocenters. The van der Waals surface area contributed by atoms with Crippen LogP contribution < -0.4 is 5.73 Å². The minimum atomic E-state index is -4.48. The maximum Gasteiger partial charge on any atom is 0.416 e. The van der Waals surface area contributed by atoms with Crippen LogP contribution in [0.25, 0.3) is 0 Å². The molecule has 1 aromatic carbocycles. The molecule has 1 rings (SSSR count). The van der Waals surface area contributed by atoms with Gasteiger partial charge >= 0.3 is 6.18 Å². The fourth-order valence-corrected chi connectivity index (χ4v) is 1.47. The number of hydrogen-bond donors (Lipinski definition) is 3. The standard InChI is InChI=1S/C11H14F3NO2/c1-6-2-3-7(11(12,13)14)4-8(6)10(17)9(16)5-15/h2-4,9-10,16-17H,5,15H2,1H3. The van der Waals surface area contributed by atoms with Crippen LogP contribution in [0.4, 0.5) is 13.2 Å². The summed E-state index contributed by atoms with van der Waals surface area (Å²) in [6, 6.07) is 3.02. The highest BCUT2D eigenvalue weighted by atomic mass is 19.4. The number of benzene rings is 1. The number of rotatable bonds is 3. The first-order valence-electron chi connectivity index (χ1n) is 5.01.